The molecule has 8 unspecified atom stereocenters. The third-order valence-electron chi connectivity index (χ3n) is 15.8. The largest absolute Gasteiger partial charge is 0.311 e. The van der Waals surface area contributed by atoms with Crippen LogP contribution in [0.4, 0.5) is 0 Å². The van der Waals surface area contributed by atoms with Gasteiger partial charge in [-0.25, -0.2) is 0 Å². The summed E-state index contributed by atoms with van der Waals surface area (Å²) < 4.78 is 0. The molecule has 4 heterocycles. The predicted molar refractivity (Wildman–Crippen MR) is 300 cm³/mol. The van der Waals surface area contributed by atoms with Gasteiger partial charge in [0, 0.05) is 101 Å². The van der Waals surface area contributed by atoms with Gasteiger partial charge in [0.1, 0.15) is 0 Å². The molecule has 2 saturated carbocycles. The third kappa shape index (κ3) is 17.0. The smallest absolute Gasteiger partial charge is 0.0236 e. The normalized spacial score (nSPS) is 25.8. The summed E-state index contributed by atoms with van der Waals surface area (Å²) >= 11 is 0. The van der Waals surface area contributed by atoms with Crippen molar-refractivity contribution in [1.82, 2.24) is 42.5 Å². The van der Waals surface area contributed by atoms with E-state index in [1.807, 2.05) is 0 Å². The van der Waals surface area contributed by atoms with Crippen molar-refractivity contribution < 1.29 is 0 Å². The van der Waals surface area contributed by atoms with Crippen molar-refractivity contribution in [2.45, 2.75) is 152 Å². The average Bonchev–Trinajstić information content (AvgIpc) is 3.43. The molecule has 4 aliphatic heterocycles. The zero-order valence-electron chi connectivity index (χ0n) is 42.9. The molecule has 0 aromatic heterocycles. The summed E-state index contributed by atoms with van der Waals surface area (Å²) in [6.07, 6.45) is 13.9. The first-order valence-corrected chi connectivity index (χ1v) is 27.8. The van der Waals surface area contributed by atoms with Crippen LogP contribution in [0.3, 0.4) is 0 Å². The molecular formula is C64H84N8. The van der Waals surface area contributed by atoms with Gasteiger partial charge in [0.15, 0.2) is 0 Å². The van der Waals surface area contributed by atoms with Crippen LogP contribution in [-0.2, 0) is 51.9 Å². The van der Waals surface area contributed by atoms with Crippen LogP contribution < -0.4 is 42.5 Å². The number of hydrogen-bond donors (Lipinski definition) is 8. The minimum absolute atomic E-state index is 0.306. The molecule has 72 heavy (non-hydrogen) atoms. The second-order valence-electron chi connectivity index (χ2n) is 21.3. The predicted octanol–water partition coefficient (Wildman–Crippen LogP) is 9.18. The van der Waals surface area contributed by atoms with Crippen LogP contribution in [0, 0.1) is 0 Å². The van der Waals surface area contributed by atoms with E-state index in [2.05, 4.69) is 212 Å². The molecule has 6 aromatic carbocycles. The van der Waals surface area contributed by atoms with Gasteiger partial charge in [-0.15, -0.1) is 0 Å². The molecule has 2 aliphatic carbocycles. The van der Waals surface area contributed by atoms with E-state index in [9.17, 15) is 0 Å². The third-order valence-corrected chi connectivity index (χ3v) is 15.8. The van der Waals surface area contributed by atoms with Crippen LogP contribution in [0.15, 0.2) is 170 Å². The first kappa shape index (κ1) is 51.9. The Balaban J connectivity index is 0.928. The maximum atomic E-state index is 4.12. The molecule has 0 spiro atoms. The summed E-state index contributed by atoms with van der Waals surface area (Å²) in [7, 11) is 0. The Morgan fingerprint density at radius 3 is 0.667 bits per heavy atom. The minimum Gasteiger partial charge on any atom is -0.311 e. The fraction of sp³-hybridized carbons (Fsp3) is 0.438. The highest BCUT2D eigenvalue weighted by Crippen LogP contribution is 2.22. The van der Waals surface area contributed by atoms with Gasteiger partial charge in [0.2, 0.25) is 0 Å². The molecule has 12 rings (SSSR count). The summed E-state index contributed by atoms with van der Waals surface area (Å²) in [6, 6.07) is 65.7. The van der Waals surface area contributed by atoms with Crippen molar-refractivity contribution in [3.05, 3.63) is 214 Å². The Morgan fingerprint density at radius 2 is 0.458 bits per heavy atom. The van der Waals surface area contributed by atoms with Crippen molar-refractivity contribution in [2.75, 3.05) is 26.2 Å². The summed E-state index contributed by atoms with van der Waals surface area (Å²) in [5.74, 6) is 0. The molecular weight excluding hydrogens is 881 g/mol. The number of benzene rings is 6. The van der Waals surface area contributed by atoms with E-state index < -0.39 is 0 Å². The lowest BCUT2D eigenvalue weighted by Crippen LogP contribution is -2.55. The zero-order chi connectivity index (χ0) is 48.8. The van der Waals surface area contributed by atoms with Gasteiger partial charge in [-0.3, -0.25) is 0 Å². The van der Waals surface area contributed by atoms with Crippen LogP contribution >= 0.6 is 0 Å². The van der Waals surface area contributed by atoms with E-state index in [0.717, 1.165) is 78.0 Å². The number of rotatable bonds is 8. The first-order chi connectivity index (χ1) is 35.6. The fourth-order valence-electron chi connectivity index (χ4n) is 11.5. The summed E-state index contributed by atoms with van der Waals surface area (Å²) in [6.45, 7) is 7.09. The van der Waals surface area contributed by atoms with Crippen LogP contribution in [0.2, 0.25) is 0 Å². The van der Waals surface area contributed by atoms with E-state index in [0.29, 0.717) is 48.3 Å². The number of hydrogen-bond acceptors (Lipinski definition) is 8. The van der Waals surface area contributed by atoms with Crippen molar-refractivity contribution >= 4 is 0 Å². The molecule has 0 saturated heterocycles. The molecule has 0 radical (unpaired) electrons. The van der Waals surface area contributed by atoms with Crippen LogP contribution in [-0.4, -0.2) is 74.5 Å². The van der Waals surface area contributed by atoms with Crippen molar-refractivity contribution in [3.63, 3.8) is 0 Å². The Morgan fingerprint density at radius 1 is 0.250 bits per heavy atom. The second-order valence-corrected chi connectivity index (χ2v) is 21.3. The quantitative estimate of drug-likeness (QED) is 0.0767. The molecule has 6 aliphatic rings. The standard InChI is InChI=1S/C64H84N8/c1-5-17-49(18-6-1)37-57-45-69-61-25-13-14-26-62(61)70-46-58(38-50-19-7-2-8-20-50)67-43-55-33-35-56(36-34-55)44-68-60(40-52-23-11-4-12-24-52)48-72-64-28-16-15-27-63(64)71-47-59(39-51-21-9-3-10-22-51)66-42-54-31-29-53(30-32-54)41-65-57/h1-12,17-24,29-36,57-72H,13-16,25-28,37-48H2. The molecule has 8 atom stereocenters. The van der Waals surface area contributed by atoms with Crippen molar-refractivity contribution in [2.24, 2.45) is 0 Å². The molecule has 8 heteroatoms. The van der Waals surface area contributed by atoms with Crippen molar-refractivity contribution in [3.8, 4) is 0 Å². The molecule has 6 aromatic rings. The van der Waals surface area contributed by atoms with Gasteiger partial charge in [-0.2, -0.15) is 0 Å². The first-order valence-electron chi connectivity index (χ1n) is 27.8. The summed E-state index contributed by atoms with van der Waals surface area (Å²) in [5.41, 5.74) is 10.8. The van der Waals surface area contributed by atoms with Crippen LogP contribution in [0.25, 0.3) is 0 Å². The molecule has 8 N–H and O–H groups in total. The maximum Gasteiger partial charge on any atom is 0.0236 e. The van der Waals surface area contributed by atoms with Gasteiger partial charge in [0.05, 0.1) is 0 Å². The fourth-order valence-corrected chi connectivity index (χ4v) is 11.5. The Kier molecular flexibility index (Phi) is 20.5. The van der Waals surface area contributed by atoms with Crippen LogP contribution in [0.5, 0.6) is 0 Å². The monoisotopic (exact) mass is 965 g/mol. The maximum absolute atomic E-state index is 4.12. The lowest BCUT2D eigenvalue weighted by atomic mass is 9.89. The Bertz CT molecular complexity index is 2040. The molecule has 4 bridgehead atoms. The highest BCUT2D eigenvalue weighted by atomic mass is 15.1. The van der Waals surface area contributed by atoms with E-state index in [4.69, 9.17) is 0 Å². The lowest BCUT2D eigenvalue weighted by Gasteiger charge is -2.35. The highest BCUT2D eigenvalue weighted by molar-refractivity contribution is 5.25. The SMILES string of the molecule is c1ccc(CC2CNC3CCCCC3NCC(Cc3ccccc3)NCc3ccc(cc3)CNC(Cc3ccccc3)CNC3CCCCC3NCC(Cc3ccccc3)NCc3ccc(cc3)CN2)cc1. The van der Waals surface area contributed by atoms with Crippen molar-refractivity contribution in [1.29, 1.82) is 0 Å². The van der Waals surface area contributed by atoms with Gasteiger partial charge < -0.3 is 42.5 Å². The molecule has 2 fully saturated rings. The molecule has 380 valence electrons. The van der Waals surface area contributed by atoms with Gasteiger partial charge in [0.25, 0.3) is 0 Å². The Hall–Kier alpha value is -5.00. The van der Waals surface area contributed by atoms with E-state index >= 15 is 0 Å². The highest BCUT2D eigenvalue weighted by Gasteiger charge is 2.28. The molecule has 8 nitrogen and oxygen atoms in total. The average molecular weight is 965 g/mol. The summed E-state index contributed by atoms with van der Waals surface area (Å²) in [4.78, 5) is 0. The zero-order valence-corrected chi connectivity index (χ0v) is 42.9. The number of nitrogens with one attached hydrogen (secondary N) is 8. The van der Waals surface area contributed by atoms with Gasteiger partial charge >= 0.3 is 0 Å². The second kappa shape index (κ2) is 28.5. The lowest BCUT2D eigenvalue weighted by molar-refractivity contribution is 0.266. The topological polar surface area (TPSA) is 96.2 Å². The Labute approximate surface area is 432 Å². The van der Waals surface area contributed by atoms with Gasteiger partial charge in [-0.05, 0) is 95.9 Å². The van der Waals surface area contributed by atoms with E-state index in [1.54, 1.807) is 0 Å². The van der Waals surface area contributed by atoms with E-state index in [-0.39, 0.29) is 0 Å². The van der Waals surface area contributed by atoms with Crippen LogP contribution in [0.1, 0.15) is 95.9 Å². The molecule has 0 amide bonds. The van der Waals surface area contributed by atoms with E-state index in [1.165, 1.54) is 95.9 Å². The van der Waals surface area contributed by atoms with Gasteiger partial charge in [-0.1, -0.05) is 196 Å². The summed E-state index contributed by atoms with van der Waals surface area (Å²) in [5, 5.41) is 32.5. The minimum atomic E-state index is 0.306.